The number of nitrogens with zero attached hydrogens (tertiary/aromatic N) is 2. The fourth-order valence-electron chi connectivity index (χ4n) is 1.81. The number of aryl methyl sites for hydroxylation is 2. The van der Waals surface area contributed by atoms with E-state index in [1.807, 2.05) is 39.1 Å². The average molecular weight is 322 g/mol. The summed E-state index contributed by atoms with van der Waals surface area (Å²) in [4.78, 5) is 12.1. The number of rotatable bonds is 3. The molecule has 0 radical (unpaired) electrons. The van der Waals surface area contributed by atoms with Gasteiger partial charge in [-0.1, -0.05) is 12.1 Å². The van der Waals surface area contributed by atoms with Crippen molar-refractivity contribution in [3.05, 3.63) is 51.3 Å². The van der Waals surface area contributed by atoms with E-state index in [0.717, 1.165) is 21.3 Å². The third-order valence-corrected chi connectivity index (χ3v) is 4.27. The summed E-state index contributed by atoms with van der Waals surface area (Å²) in [7, 11) is 1.89. The third-order valence-electron chi connectivity index (χ3n) is 3.21. The highest BCUT2D eigenvalue weighted by Gasteiger charge is 2.12. The van der Waals surface area contributed by atoms with Gasteiger partial charge >= 0.3 is 0 Å². The number of nitrogens with one attached hydrogen (secondary N) is 1. The standard InChI is InChI=1S/C14H16BrN3O/c1-9-5-4-6-12(13(9)15)14(19)16-7-11-8-17-18(3)10(11)2/h4-6,8H,7H2,1-3H3,(H,16,19). The summed E-state index contributed by atoms with van der Waals surface area (Å²) >= 11 is 3.45. The minimum absolute atomic E-state index is 0.0844. The zero-order chi connectivity index (χ0) is 14.0. The van der Waals surface area contributed by atoms with Crippen LogP contribution >= 0.6 is 15.9 Å². The molecule has 0 unspecified atom stereocenters. The molecule has 100 valence electrons. The molecular formula is C14H16BrN3O. The predicted octanol–water partition coefficient (Wildman–Crippen LogP) is 2.73. The molecule has 0 spiro atoms. The first kappa shape index (κ1) is 13.8. The highest BCUT2D eigenvalue weighted by Crippen LogP contribution is 2.21. The quantitative estimate of drug-likeness (QED) is 0.944. The van der Waals surface area contributed by atoms with Crippen molar-refractivity contribution >= 4 is 21.8 Å². The van der Waals surface area contributed by atoms with Crippen LogP contribution in [-0.4, -0.2) is 15.7 Å². The number of aromatic nitrogens is 2. The molecule has 0 aliphatic carbocycles. The molecule has 0 saturated carbocycles. The highest BCUT2D eigenvalue weighted by molar-refractivity contribution is 9.10. The fourth-order valence-corrected chi connectivity index (χ4v) is 2.26. The molecule has 0 fully saturated rings. The van der Waals surface area contributed by atoms with Crippen molar-refractivity contribution in [2.75, 3.05) is 0 Å². The van der Waals surface area contributed by atoms with E-state index in [0.29, 0.717) is 12.1 Å². The molecular weight excluding hydrogens is 306 g/mol. The summed E-state index contributed by atoms with van der Waals surface area (Å²) in [6, 6.07) is 5.65. The molecule has 1 aromatic heterocycles. The minimum Gasteiger partial charge on any atom is -0.348 e. The van der Waals surface area contributed by atoms with Crippen LogP contribution in [0, 0.1) is 13.8 Å². The Morgan fingerprint density at radius 1 is 1.42 bits per heavy atom. The van der Waals surface area contributed by atoms with E-state index in [9.17, 15) is 4.79 Å². The Labute approximate surface area is 120 Å². The van der Waals surface area contributed by atoms with Gasteiger partial charge in [0.15, 0.2) is 0 Å². The minimum atomic E-state index is -0.0844. The van der Waals surface area contributed by atoms with Gasteiger partial charge in [-0.3, -0.25) is 9.48 Å². The summed E-state index contributed by atoms with van der Waals surface area (Å²) in [5, 5.41) is 7.07. The van der Waals surface area contributed by atoms with Crippen LogP contribution in [0.4, 0.5) is 0 Å². The zero-order valence-corrected chi connectivity index (χ0v) is 12.8. The average Bonchev–Trinajstić information content (AvgIpc) is 2.70. The number of carbonyl (C=O) groups is 1. The molecule has 5 heteroatoms. The maximum absolute atomic E-state index is 12.1. The van der Waals surface area contributed by atoms with Gasteiger partial charge in [0.1, 0.15) is 0 Å². The SMILES string of the molecule is Cc1cccc(C(=O)NCc2cnn(C)c2C)c1Br. The molecule has 4 nitrogen and oxygen atoms in total. The van der Waals surface area contributed by atoms with Crippen molar-refractivity contribution in [3.8, 4) is 0 Å². The summed E-state index contributed by atoms with van der Waals surface area (Å²) < 4.78 is 2.64. The van der Waals surface area contributed by atoms with Gasteiger partial charge in [0.05, 0.1) is 11.8 Å². The van der Waals surface area contributed by atoms with Crippen LogP contribution in [0.5, 0.6) is 0 Å². The lowest BCUT2D eigenvalue weighted by atomic mass is 10.1. The molecule has 0 aliphatic heterocycles. The summed E-state index contributed by atoms with van der Waals surface area (Å²) in [5.41, 5.74) is 3.79. The van der Waals surface area contributed by atoms with Crippen molar-refractivity contribution in [2.24, 2.45) is 7.05 Å². The molecule has 0 aliphatic rings. The Kier molecular flexibility index (Phi) is 4.04. The van der Waals surface area contributed by atoms with Crippen molar-refractivity contribution in [2.45, 2.75) is 20.4 Å². The van der Waals surface area contributed by atoms with Crippen LogP contribution in [0.1, 0.15) is 27.2 Å². The fraction of sp³-hybridized carbons (Fsp3) is 0.286. The van der Waals surface area contributed by atoms with Crippen LogP contribution < -0.4 is 5.32 Å². The number of halogens is 1. The van der Waals surface area contributed by atoms with E-state index in [4.69, 9.17) is 0 Å². The molecule has 0 bridgehead atoms. The number of hydrogen-bond acceptors (Lipinski definition) is 2. The van der Waals surface area contributed by atoms with E-state index in [2.05, 4.69) is 26.3 Å². The Balaban J connectivity index is 2.10. The van der Waals surface area contributed by atoms with Gasteiger partial charge in [0, 0.05) is 29.3 Å². The largest absolute Gasteiger partial charge is 0.348 e. The van der Waals surface area contributed by atoms with Crippen LogP contribution in [-0.2, 0) is 13.6 Å². The van der Waals surface area contributed by atoms with Crippen molar-refractivity contribution < 1.29 is 4.79 Å². The molecule has 1 amide bonds. The Hall–Kier alpha value is -1.62. The van der Waals surface area contributed by atoms with Crippen LogP contribution in [0.2, 0.25) is 0 Å². The van der Waals surface area contributed by atoms with E-state index in [1.165, 1.54) is 0 Å². The van der Waals surface area contributed by atoms with Crippen molar-refractivity contribution in [3.63, 3.8) is 0 Å². The molecule has 0 atom stereocenters. The van der Waals surface area contributed by atoms with Crippen LogP contribution in [0.3, 0.4) is 0 Å². The zero-order valence-electron chi connectivity index (χ0n) is 11.2. The summed E-state index contributed by atoms with van der Waals surface area (Å²) in [6.07, 6.45) is 1.78. The van der Waals surface area contributed by atoms with Gasteiger partial charge in [-0.2, -0.15) is 5.10 Å². The number of hydrogen-bond donors (Lipinski definition) is 1. The summed E-state index contributed by atoms with van der Waals surface area (Å²) in [6.45, 7) is 4.43. The lowest BCUT2D eigenvalue weighted by molar-refractivity contribution is 0.0950. The maximum atomic E-state index is 12.1. The second-order valence-corrected chi connectivity index (χ2v) is 5.29. The summed E-state index contributed by atoms with van der Waals surface area (Å²) in [5.74, 6) is -0.0844. The number of amides is 1. The maximum Gasteiger partial charge on any atom is 0.252 e. The molecule has 2 aromatic rings. The molecule has 1 aromatic carbocycles. The van der Waals surface area contributed by atoms with Gasteiger partial charge in [-0.05, 0) is 41.4 Å². The molecule has 2 rings (SSSR count). The monoisotopic (exact) mass is 321 g/mol. The Morgan fingerprint density at radius 2 is 2.16 bits per heavy atom. The Bertz CT molecular complexity index is 619. The first-order chi connectivity index (χ1) is 9.00. The van der Waals surface area contributed by atoms with E-state index in [-0.39, 0.29) is 5.91 Å². The van der Waals surface area contributed by atoms with Gasteiger partial charge in [-0.15, -0.1) is 0 Å². The predicted molar refractivity (Wildman–Crippen MR) is 78.0 cm³/mol. The molecule has 0 saturated heterocycles. The van der Waals surface area contributed by atoms with Gasteiger partial charge in [-0.25, -0.2) is 0 Å². The lowest BCUT2D eigenvalue weighted by Crippen LogP contribution is -2.23. The number of benzene rings is 1. The smallest absolute Gasteiger partial charge is 0.252 e. The van der Waals surface area contributed by atoms with Crippen molar-refractivity contribution in [1.82, 2.24) is 15.1 Å². The van der Waals surface area contributed by atoms with Gasteiger partial charge < -0.3 is 5.32 Å². The molecule has 1 heterocycles. The van der Waals surface area contributed by atoms with Crippen molar-refractivity contribution in [1.29, 1.82) is 0 Å². The second-order valence-electron chi connectivity index (χ2n) is 4.50. The lowest BCUT2D eigenvalue weighted by Gasteiger charge is -2.08. The van der Waals surface area contributed by atoms with Crippen LogP contribution in [0.25, 0.3) is 0 Å². The number of carbonyl (C=O) groups excluding carboxylic acids is 1. The van der Waals surface area contributed by atoms with E-state index < -0.39 is 0 Å². The Morgan fingerprint density at radius 3 is 2.79 bits per heavy atom. The third kappa shape index (κ3) is 2.87. The van der Waals surface area contributed by atoms with Gasteiger partial charge in [0.2, 0.25) is 0 Å². The highest BCUT2D eigenvalue weighted by atomic mass is 79.9. The van der Waals surface area contributed by atoms with Gasteiger partial charge in [0.25, 0.3) is 5.91 Å². The normalized spacial score (nSPS) is 10.5. The second kappa shape index (κ2) is 5.57. The first-order valence-electron chi connectivity index (χ1n) is 6.01. The topological polar surface area (TPSA) is 46.9 Å². The van der Waals surface area contributed by atoms with E-state index in [1.54, 1.807) is 10.9 Å². The molecule has 1 N–H and O–H groups in total. The first-order valence-corrected chi connectivity index (χ1v) is 6.80. The van der Waals surface area contributed by atoms with E-state index >= 15 is 0 Å². The van der Waals surface area contributed by atoms with Crippen LogP contribution in [0.15, 0.2) is 28.9 Å². The molecule has 19 heavy (non-hydrogen) atoms.